The van der Waals surface area contributed by atoms with Gasteiger partial charge in [-0.3, -0.25) is 14.7 Å². The van der Waals surface area contributed by atoms with E-state index in [1.807, 2.05) is 0 Å². The molecule has 1 N–H and O–H groups in total. The first-order chi connectivity index (χ1) is 6.32. The van der Waals surface area contributed by atoms with Crippen molar-refractivity contribution in [3.63, 3.8) is 0 Å². The predicted molar refractivity (Wildman–Crippen MR) is 47.9 cm³/mol. The van der Waals surface area contributed by atoms with E-state index >= 15 is 0 Å². The number of nitro groups is 1. The largest absolute Gasteiger partial charge is 1.00 e. The zero-order valence-electron chi connectivity index (χ0n) is 7.55. The topological polar surface area (TPSA) is 97.5 Å². The molecule has 0 aliphatic rings. The molecule has 0 aliphatic carbocycles. The molecule has 0 bridgehead atoms. The van der Waals surface area contributed by atoms with Gasteiger partial charge in [-0.05, 0) is 12.1 Å². The zero-order chi connectivity index (χ0) is 10.9. The minimum absolute atomic E-state index is 0. The van der Waals surface area contributed by atoms with Crippen LogP contribution in [0.25, 0.3) is 0 Å². The molecule has 1 aromatic rings. The summed E-state index contributed by atoms with van der Waals surface area (Å²) in [4.78, 5) is 8.95. The van der Waals surface area contributed by atoms with Gasteiger partial charge in [0.15, 0.2) is 0 Å². The molecule has 1 aromatic carbocycles. The molecule has 0 spiro atoms. The molecule has 6 nitrogen and oxygen atoms in total. The molecule has 0 saturated heterocycles. The Morgan fingerprint density at radius 1 is 1.40 bits per heavy atom. The molecule has 76 valence electrons. The number of benzene rings is 1. The molecule has 0 aromatic heterocycles. The van der Waals surface area contributed by atoms with Crippen molar-refractivity contribution >= 4 is 27.4 Å². The molecule has 0 atom stereocenters. The quantitative estimate of drug-likeness (QED) is 0.307. The Hall–Kier alpha value is 0.456. The van der Waals surface area contributed by atoms with Crippen LogP contribution in [0.2, 0.25) is 5.02 Å². The average Bonchev–Trinajstić information content (AvgIpc) is 2.02. The van der Waals surface area contributed by atoms with Gasteiger partial charge in [-0.1, -0.05) is 11.6 Å². The number of nitrogens with zero attached hydrogens (tertiary/aromatic N) is 1. The van der Waals surface area contributed by atoms with Crippen LogP contribution in [0.1, 0.15) is 0 Å². The Bertz CT molecular complexity index is 488. The molecular weight excluding hydrogens is 273 g/mol. The fraction of sp³-hybridized carbons (Fsp3) is 0. The van der Waals surface area contributed by atoms with Crippen LogP contribution >= 0.6 is 11.6 Å². The van der Waals surface area contributed by atoms with Gasteiger partial charge in [0.25, 0.3) is 15.8 Å². The van der Waals surface area contributed by atoms with Crippen molar-refractivity contribution in [2.45, 2.75) is 4.90 Å². The summed E-state index contributed by atoms with van der Waals surface area (Å²) in [6.45, 7) is 0. The summed E-state index contributed by atoms with van der Waals surface area (Å²) in [5.74, 6) is 0. The minimum Gasteiger partial charge on any atom is -0.282 e. The molecule has 0 aliphatic heterocycles. The predicted octanol–water partition coefficient (Wildman–Crippen LogP) is -1.50. The van der Waals surface area contributed by atoms with Gasteiger partial charge in [-0.25, -0.2) is 0 Å². The Morgan fingerprint density at radius 2 is 1.93 bits per heavy atom. The summed E-state index contributed by atoms with van der Waals surface area (Å²) in [5, 5.41) is 10.2. The van der Waals surface area contributed by atoms with Crippen LogP contribution in [0.3, 0.4) is 0 Å². The third kappa shape index (κ3) is 4.08. The zero-order valence-corrected chi connectivity index (χ0v) is 12.2. The fourth-order valence-corrected chi connectivity index (χ4v) is 1.48. The molecule has 0 amide bonds. The second kappa shape index (κ2) is 5.69. The Labute approximate surface area is 133 Å². The summed E-state index contributed by atoms with van der Waals surface area (Å²) < 4.78 is 29.8. The van der Waals surface area contributed by atoms with Gasteiger partial charge in [-0.15, -0.1) is 0 Å². The summed E-state index contributed by atoms with van der Waals surface area (Å²) in [5.41, 5.74) is -0.568. The second-order valence-electron chi connectivity index (χ2n) is 2.35. The Morgan fingerprint density at radius 3 is 2.33 bits per heavy atom. The van der Waals surface area contributed by atoms with Crippen molar-refractivity contribution in [2.24, 2.45) is 0 Å². The fourth-order valence-electron chi connectivity index (χ4n) is 0.793. The first-order valence-corrected chi connectivity index (χ1v) is 5.05. The Kier molecular flexibility index (Phi) is 5.86. The van der Waals surface area contributed by atoms with Crippen LogP contribution in [0.15, 0.2) is 23.1 Å². The standard InChI is InChI=1S/C6H4ClNO5S.K/c7-5-2-1-4(14(11,12)13)3-6(5)8(9)10;/h1-3H,(H,11,12,13);/q;+1. The normalized spacial score (nSPS) is 10.5. The first kappa shape index (κ1) is 15.5. The molecule has 0 saturated carbocycles. The van der Waals surface area contributed by atoms with Gasteiger partial charge in [0.05, 0.1) is 4.92 Å². The summed E-state index contributed by atoms with van der Waals surface area (Å²) >= 11 is 5.42. The van der Waals surface area contributed by atoms with Crippen LogP contribution < -0.4 is 51.4 Å². The van der Waals surface area contributed by atoms with Crippen molar-refractivity contribution in [3.8, 4) is 0 Å². The monoisotopic (exact) mass is 276 g/mol. The maximum atomic E-state index is 10.6. The van der Waals surface area contributed by atoms with E-state index in [0.29, 0.717) is 6.07 Å². The van der Waals surface area contributed by atoms with Crippen molar-refractivity contribution < 1.29 is 69.3 Å². The molecule has 9 heteroatoms. The van der Waals surface area contributed by atoms with Crippen LogP contribution in [-0.2, 0) is 10.1 Å². The average molecular weight is 277 g/mol. The van der Waals surface area contributed by atoms with Crippen LogP contribution in [0.5, 0.6) is 0 Å². The van der Waals surface area contributed by atoms with Gasteiger partial charge < -0.3 is 0 Å². The number of hydrogen-bond acceptors (Lipinski definition) is 4. The molecule has 15 heavy (non-hydrogen) atoms. The van der Waals surface area contributed by atoms with E-state index in [0.717, 1.165) is 12.1 Å². The van der Waals surface area contributed by atoms with Gasteiger partial charge in [0.1, 0.15) is 9.92 Å². The van der Waals surface area contributed by atoms with Crippen LogP contribution in [-0.4, -0.2) is 17.9 Å². The van der Waals surface area contributed by atoms with E-state index in [2.05, 4.69) is 0 Å². The molecule has 1 rings (SSSR count). The number of nitro benzene ring substituents is 1. The molecule has 0 fully saturated rings. The number of rotatable bonds is 2. The van der Waals surface area contributed by atoms with Gasteiger partial charge in [-0.2, -0.15) is 8.42 Å². The minimum atomic E-state index is -4.44. The van der Waals surface area contributed by atoms with Gasteiger partial charge in [0.2, 0.25) is 0 Å². The van der Waals surface area contributed by atoms with E-state index in [1.165, 1.54) is 0 Å². The van der Waals surface area contributed by atoms with Crippen molar-refractivity contribution in [1.29, 1.82) is 0 Å². The van der Waals surface area contributed by atoms with Crippen molar-refractivity contribution in [2.75, 3.05) is 0 Å². The van der Waals surface area contributed by atoms with Crippen LogP contribution in [0, 0.1) is 10.1 Å². The van der Waals surface area contributed by atoms with Gasteiger partial charge >= 0.3 is 51.4 Å². The summed E-state index contributed by atoms with van der Waals surface area (Å²) in [7, 11) is -4.44. The van der Waals surface area contributed by atoms with Crippen LogP contribution in [0.4, 0.5) is 5.69 Å². The first-order valence-electron chi connectivity index (χ1n) is 3.24. The van der Waals surface area contributed by atoms with Crippen molar-refractivity contribution in [3.05, 3.63) is 33.3 Å². The molecular formula is C6H4ClKNO5S+. The molecule has 0 radical (unpaired) electrons. The molecule has 0 heterocycles. The SMILES string of the molecule is O=[N+]([O-])c1cc(S(=O)(=O)O)ccc1Cl.[K+]. The van der Waals surface area contributed by atoms with Gasteiger partial charge in [0, 0.05) is 6.07 Å². The third-order valence-electron chi connectivity index (χ3n) is 1.41. The van der Waals surface area contributed by atoms with Crippen molar-refractivity contribution in [1.82, 2.24) is 0 Å². The van der Waals surface area contributed by atoms with E-state index in [4.69, 9.17) is 16.2 Å². The maximum absolute atomic E-state index is 10.6. The summed E-state index contributed by atoms with van der Waals surface area (Å²) in [6.07, 6.45) is 0. The van der Waals surface area contributed by atoms with E-state index in [-0.39, 0.29) is 56.4 Å². The maximum Gasteiger partial charge on any atom is 1.00 e. The second-order valence-corrected chi connectivity index (χ2v) is 4.17. The van der Waals surface area contributed by atoms with E-state index in [1.54, 1.807) is 0 Å². The Balaban J connectivity index is 0.00000196. The van der Waals surface area contributed by atoms with E-state index < -0.39 is 25.6 Å². The third-order valence-corrected chi connectivity index (χ3v) is 2.58. The number of halogens is 1. The molecule has 0 unspecified atom stereocenters. The summed E-state index contributed by atoms with van der Waals surface area (Å²) in [6, 6.07) is 2.70. The number of hydrogen-bond donors (Lipinski definition) is 1. The van der Waals surface area contributed by atoms with E-state index in [9.17, 15) is 18.5 Å². The smallest absolute Gasteiger partial charge is 0.282 e.